The zero-order valence-corrected chi connectivity index (χ0v) is 12.2. The van der Waals surface area contributed by atoms with Crippen LogP contribution < -0.4 is 5.32 Å². The molecule has 0 aliphatic heterocycles. The fourth-order valence-corrected chi connectivity index (χ4v) is 2.80. The Morgan fingerprint density at radius 1 is 1.39 bits per heavy atom. The Kier molecular flexibility index (Phi) is 4.10. The molecule has 1 atom stereocenters. The molecule has 1 unspecified atom stereocenters. The first-order valence-corrected chi connectivity index (χ1v) is 7.34. The van der Waals surface area contributed by atoms with E-state index in [-0.39, 0.29) is 0 Å². The predicted molar refractivity (Wildman–Crippen MR) is 75.7 cm³/mol. The van der Waals surface area contributed by atoms with Crippen molar-refractivity contribution in [2.45, 2.75) is 65.0 Å². The van der Waals surface area contributed by atoms with Crippen molar-refractivity contribution in [3.8, 4) is 0 Å². The second kappa shape index (κ2) is 5.43. The van der Waals surface area contributed by atoms with Crippen LogP contribution in [-0.4, -0.2) is 22.9 Å². The third-order valence-electron chi connectivity index (χ3n) is 4.62. The maximum Gasteiger partial charge on any atom is 0.0640 e. The Morgan fingerprint density at radius 3 is 2.56 bits per heavy atom. The molecule has 0 aromatic carbocycles. The van der Waals surface area contributed by atoms with Gasteiger partial charge in [0.25, 0.3) is 0 Å². The molecule has 18 heavy (non-hydrogen) atoms. The van der Waals surface area contributed by atoms with Crippen LogP contribution in [0.3, 0.4) is 0 Å². The number of aromatic nitrogens is 2. The van der Waals surface area contributed by atoms with Gasteiger partial charge in [0.15, 0.2) is 0 Å². The van der Waals surface area contributed by atoms with Gasteiger partial charge in [0.05, 0.1) is 11.7 Å². The lowest BCUT2D eigenvalue weighted by Crippen LogP contribution is -2.35. The SMILES string of the molecule is CCC(CC)n1ccc(CC(NC)C2(C)CC2)n1. The molecule has 1 saturated carbocycles. The van der Waals surface area contributed by atoms with Gasteiger partial charge in [-0.1, -0.05) is 20.8 Å². The van der Waals surface area contributed by atoms with E-state index in [4.69, 9.17) is 5.10 Å². The lowest BCUT2D eigenvalue weighted by atomic mass is 9.95. The number of likely N-dealkylation sites (N-methyl/N-ethyl adjacent to an activating group) is 1. The average Bonchev–Trinajstić information content (AvgIpc) is 2.95. The summed E-state index contributed by atoms with van der Waals surface area (Å²) in [4.78, 5) is 0. The predicted octanol–water partition coefficient (Wildman–Crippen LogP) is 3.17. The smallest absolute Gasteiger partial charge is 0.0640 e. The van der Waals surface area contributed by atoms with Crippen LogP contribution in [0.5, 0.6) is 0 Å². The molecule has 0 radical (unpaired) electrons. The largest absolute Gasteiger partial charge is 0.316 e. The quantitative estimate of drug-likeness (QED) is 0.804. The third-order valence-corrected chi connectivity index (χ3v) is 4.62. The van der Waals surface area contributed by atoms with Gasteiger partial charge in [0, 0.05) is 18.7 Å². The Morgan fingerprint density at radius 2 is 2.06 bits per heavy atom. The molecule has 0 amide bonds. The molecule has 0 spiro atoms. The van der Waals surface area contributed by atoms with Crippen LogP contribution in [0.15, 0.2) is 12.3 Å². The van der Waals surface area contributed by atoms with Crippen molar-refractivity contribution in [3.05, 3.63) is 18.0 Å². The Hall–Kier alpha value is -0.830. The molecule has 1 aliphatic rings. The average molecular weight is 249 g/mol. The minimum absolute atomic E-state index is 0.507. The zero-order chi connectivity index (χ0) is 13.2. The zero-order valence-electron chi connectivity index (χ0n) is 12.2. The van der Waals surface area contributed by atoms with E-state index in [1.54, 1.807) is 0 Å². The van der Waals surface area contributed by atoms with Gasteiger partial charge in [-0.3, -0.25) is 4.68 Å². The van der Waals surface area contributed by atoms with Gasteiger partial charge in [0.2, 0.25) is 0 Å². The molecule has 102 valence electrons. The lowest BCUT2D eigenvalue weighted by Gasteiger charge is -2.22. The summed E-state index contributed by atoms with van der Waals surface area (Å²) in [6.07, 6.45) is 8.22. The molecular formula is C15H27N3. The standard InChI is InChI=1S/C15H27N3/c1-5-13(6-2)18-10-7-12(17-18)11-14(16-4)15(3)8-9-15/h7,10,13-14,16H,5-6,8-9,11H2,1-4H3. The first-order valence-electron chi connectivity index (χ1n) is 7.34. The van der Waals surface area contributed by atoms with Gasteiger partial charge >= 0.3 is 0 Å². The third kappa shape index (κ3) is 2.77. The number of nitrogens with one attached hydrogen (secondary N) is 1. The molecule has 2 rings (SSSR count). The summed E-state index contributed by atoms with van der Waals surface area (Å²) >= 11 is 0. The van der Waals surface area contributed by atoms with Crippen molar-refractivity contribution in [1.29, 1.82) is 0 Å². The van der Waals surface area contributed by atoms with Crippen molar-refractivity contribution >= 4 is 0 Å². The van der Waals surface area contributed by atoms with E-state index in [0.717, 1.165) is 19.3 Å². The Labute approximate surface area is 111 Å². The summed E-state index contributed by atoms with van der Waals surface area (Å²) in [6, 6.07) is 3.32. The molecule has 1 aliphatic carbocycles. The second-order valence-electron chi connectivity index (χ2n) is 5.96. The highest BCUT2D eigenvalue weighted by atomic mass is 15.3. The molecular weight excluding hydrogens is 222 g/mol. The van der Waals surface area contributed by atoms with Crippen LogP contribution in [-0.2, 0) is 6.42 Å². The first kappa shape index (κ1) is 13.6. The van der Waals surface area contributed by atoms with E-state index < -0.39 is 0 Å². The molecule has 1 fully saturated rings. The lowest BCUT2D eigenvalue weighted by molar-refractivity contribution is 0.368. The molecule has 1 N–H and O–H groups in total. The van der Waals surface area contributed by atoms with Gasteiger partial charge in [-0.05, 0) is 44.2 Å². The maximum atomic E-state index is 4.76. The van der Waals surface area contributed by atoms with Crippen LogP contribution >= 0.6 is 0 Å². The summed E-state index contributed by atoms with van der Waals surface area (Å²) in [5.41, 5.74) is 1.74. The Balaban J connectivity index is 2.01. The van der Waals surface area contributed by atoms with Gasteiger partial charge in [0.1, 0.15) is 0 Å². The van der Waals surface area contributed by atoms with Crippen molar-refractivity contribution in [1.82, 2.24) is 15.1 Å². The topological polar surface area (TPSA) is 29.9 Å². The molecule has 3 heteroatoms. The van der Waals surface area contributed by atoms with Gasteiger partial charge in [-0.25, -0.2) is 0 Å². The monoisotopic (exact) mass is 249 g/mol. The first-order chi connectivity index (χ1) is 8.62. The van der Waals surface area contributed by atoms with Crippen molar-refractivity contribution < 1.29 is 0 Å². The van der Waals surface area contributed by atoms with Gasteiger partial charge in [-0.2, -0.15) is 5.10 Å². The number of nitrogens with zero attached hydrogens (tertiary/aromatic N) is 2. The minimum Gasteiger partial charge on any atom is -0.316 e. The van der Waals surface area contributed by atoms with Crippen LogP contribution in [0.2, 0.25) is 0 Å². The van der Waals surface area contributed by atoms with Crippen LogP contribution in [0.25, 0.3) is 0 Å². The molecule has 1 aromatic rings. The summed E-state index contributed by atoms with van der Waals surface area (Å²) in [5.74, 6) is 0. The second-order valence-corrected chi connectivity index (χ2v) is 5.96. The summed E-state index contributed by atoms with van der Waals surface area (Å²) in [6.45, 7) is 6.85. The van der Waals surface area contributed by atoms with E-state index in [2.05, 4.69) is 50.1 Å². The van der Waals surface area contributed by atoms with Crippen molar-refractivity contribution in [3.63, 3.8) is 0 Å². The molecule has 1 heterocycles. The normalized spacial score (nSPS) is 19.2. The highest BCUT2D eigenvalue weighted by Gasteiger charge is 2.44. The maximum absolute atomic E-state index is 4.76. The fraction of sp³-hybridized carbons (Fsp3) is 0.800. The molecule has 0 bridgehead atoms. The highest BCUT2D eigenvalue weighted by Crippen LogP contribution is 2.48. The number of hydrogen-bond acceptors (Lipinski definition) is 2. The highest BCUT2D eigenvalue weighted by molar-refractivity contribution is 5.08. The van der Waals surface area contributed by atoms with Crippen LogP contribution in [0.1, 0.15) is 58.2 Å². The molecule has 0 saturated heterocycles. The van der Waals surface area contributed by atoms with Crippen LogP contribution in [0.4, 0.5) is 0 Å². The van der Waals surface area contributed by atoms with Gasteiger partial charge < -0.3 is 5.32 Å². The van der Waals surface area contributed by atoms with Crippen LogP contribution in [0, 0.1) is 5.41 Å². The molecule has 3 nitrogen and oxygen atoms in total. The van der Waals surface area contributed by atoms with E-state index in [1.165, 1.54) is 18.5 Å². The summed E-state index contributed by atoms with van der Waals surface area (Å²) in [7, 11) is 2.08. The van der Waals surface area contributed by atoms with E-state index in [9.17, 15) is 0 Å². The molecule has 1 aromatic heterocycles. The van der Waals surface area contributed by atoms with Gasteiger partial charge in [-0.15, -0.1) is 0 Å². The van der Waals surface area contributed by atoms with E-state index in [1.807, 2.05) is 0 Å². The van der Waals surface area contributed by atoms with Crippen molar-refractivity contribution in [2.24, 2.45) is 5.41 Å². The summed E-state index contributed by atoms with van der Waals surface area (Å²) < 4.78 is 2.15. The fourth-order valence-electron chi connectivity index (χ4n) is 2.80. The number of rotatable bonds is 7. The van der Waals surface area contributed by atoms with E-state index in [0.29, 0.717) is 17.5 Å². The number of hydrogen-bond donors (Lipinski definition) is 1. The van der Waals surface area contributed by atoms with Crippen molar-refractivity contribution in [2.75, 3.05) is 7.05 Å². The summed E-state index contributed by atoms with van der Waals surface area (Å²) in [5, 5.41) is 8.23. The Bertz CT molecular complexity index is 375. The van der Waals surface area contributed by atoms with E-state index >= 15 is 0 Å². The minimum atomic E-state index is 0.507.